The van der Waals surface area contributed by atoms with Crippen molar-refractivity contribution < 1.29 is 14.3 Å². The van der Waals surface area contributed by atoms with Crippen molar-refractivity contribution in [2.24, 2.45) is 0 Å². The smallest absolute Gasteiger partial charge is 0.270 e. The highest BCUT2D eigenvalue weighted by Gasteiger charge is 2.21. The zero-order chi connectivity index (χ0) is 19.8. The minimum atomic E-state index is -0.221. The van der Waals surface area contributed by atoms with Crippen LogP contribution < -0.4 is 14.9 Å². The van der Waals surface area contributed by atoms with Crippen molar-refractivity contribution in [1.82, 2.24) is 9.66 Å². The molecule has 0 fully saturated rings. The second-order valence-corrected chi connectivity index (χ2v) is 7.14. The highest BCUT2D eigenvalue weighted by Crippen LogP contribution is 2.35. The summed E-state index contributed by atoms with van der Waals surface area (Å²) in [6.07, 6.45) is 1.75. The summed E-state index contributed by atoms with van der Waals surface area (Å²) in [6, 6.07) is 9.78. The van der Waals surface area contributed by atoms with Crippen molar-refractivity contribution in [3.8, 4) is 22.9 Å². The standard InChI is InChI=1S/C22H23N3O3/c1-13-9-14(2)11-17(10-13)21-23-12-15(3)25(21)24-22(26)18-5-6-19-20(16(18)4)28-8-7-27-19/h5-6,9-12H,7-8H2,1-4H3,(H,24,26). The lowest BCUT2D eigenvalue weighted by Crippen LogP contribution is -2.26. The van der Waals surface area contributed by atoms with Gasteiger partial charge in [0.1, 0.15) is 13.2 Å². The SMILES string of the molecule is Cc1cc(C)cc(-c2ncc(C)n2NC(=O)c2ccc3c(c2C)OCCO3)c1. The lowest BCUT2D eigenvalue weighted by Gasteiger charge is -2.21. The molecule has 0 unspecified atom stereocenters. The normalized spacial score (nSPS) is 12.7. The molecule has 0 saturated carbocycles. The van der Waals surface area contributed by atoms with Crippen LogP contribution in [-0.4, -0.2) is 28.8 Å². The van der Waals surface area contributed by atoms with Crippen LogP contribution >= 0.6 is 0 Å². The van der Waals surface area contributed by atoms with E-state index in [4.69, 9.17) is 9.47 Å². The van der Waals surface area contributed by atoms with Gasteiger partial charge in [-0.25, -0.2) is 9.66 Å². The zero-order valence-electron chi connectivity index (χ0n) is 16.5. The molecule has 1 aliphatic heterocycles. The Morgan fingerprint density at radius 2 is 1.75 bits per heavy atom. The highest BCUT2D eigenvalue weighted by molar-refractivity contribution is 6.02. The monoisotopic (exact) mass is 377 g/mol. The van der Waals surface area contributed by atoms with E-state index in [-0.39, 0.29) is 5.91 Å². The summed E-state index contributed by atoms with van der Waals surface area (Å²) in [4.78, 5) is 17.5. The average molecular weight is 377 g/mol. The summed E-state index contributed by atoms with van der Waals surface area (Å²) in [7, 11) is 0. The van der Waals surface area contributed by atoms with Gasteiger partial charge in [0.2, 0.25) is 0 Å². The van der Waals surface area contributed by atoms with Gasteiger partial charge in [-0.2, -0.15) is 0 Å². The van der Waals surface area contributed by atoms with Crippen LogP contribution in [0.3, 0.4) is 0 Å². The van der Waals surface area contributed by atoms with Crippen LogP contribution in [0.2, 0.25) is 0 Å². The Morgan fingerprint density at radius 1 is 1.04 bits per heavy atom. The maximum absolute atomic E-state index is 13.0. The van der Waals surface area contributed by atoms with Gasteiger partial charge in [0.25, 0.3) is 5.91 Å². The molecule has 6 heteroatoms. The quantitative estimate of drug-likeness (QED) is 0.751. The van der Waals surface area contributed by atoms with Crippen molar-refractivity contribution in [1.29, 1.82) is 0 Å². The fourth-order valence-electron chi connectivity index (χ4n) is 3.55. The highest BCUT2D eigenvalue weighted by atomic mass is 16.6. The van der Waals surface area contributed by atoms with Crippen LogP contribution in [0.5, 0.6) is 11.5 Å². The van der Waals surface area contributed by atoms with Gasteiger partial charge in [-0.15, -0.1) is 0 Å². The summed E-state index contributed by atoms with van der Waals surface area (Å²) in [6.45, 7) is 8.88. The van der Waals surface area contributed by atoms with E-state index < -0.39 is 0 Å². The second kappa shape index (κ2) is 7.03. The lowest BCUT2D eigenvalue weighted by atomic mass is 10.1. The van der Waals surface area contributed by atoms with Crippen LogP contribution in [0, 0.1) is 27.7 Å². The molecule has 0 radical (unpaired) electrons. The molecule has 2 aromatic carbocycles. The molecule has 2 heterocycles. The number of nitrogens with zero attached hydrogens (tertiary/aromatic N) is 2. The van der Waals surface area contributed by atoms with Gasteiger partial charge in [-0.3, -0.25) is 10.2 Å². The molecule has 0 spiro atoms. The molecule has 28 heavy (non-hydrogen) atoms. The molecule has 0 saturated heterocycles. The fraction of sp³-hybridized carbons (Fsp3) is 0.273. The van der Waals surface area contributed by atoms with E-state index in [1.807, 2.05) is 27.7 Å². The van der Waals surface area contributed by atoms with E-state index in [2.05, 4.69) is 28.6 Å². The van der Waals surface area contributed by atoms with Crippen molar-refractivity contribution >= 4 is 5.91 Å². The van der Waals surface area contributed by atoms with E-state index in [1.54, 1.807) is 23.0 Å². The first kappa shape index (κ1) is 18.1. The van der Waals surface area contributed by atoms with Crippen LogP contribution in [-0.2, 0) is 0 Å². The summed E-state index contributed by atoms with van der Waals surface area (Å²) >= 11 is 0. The molecule has 3 aromatic rings. The first-order chi connectivity index (χ1) is 13.4. The summed E-state index contributed by atoms with van der Waals surface area (Å²) in [5.74, 6) is 1.79. The number of benzene rings is 2. The van der Waals surface area contributed by atoms with Gasteiger partial charge in [-0.05, 0) is 52.0 Å². The van der Waals surface area contributed by atoms with Crippen LogP contribution in [0.1, 0.15) is 32.7 Å². The Bertz CT molecular complexity index is 1050. The Balaban J connectivity index is 1.69. The second-order valence-electron chi connectivity index (χ2n) is 7.14. The molecule has 1 aromatic heterocycles. The van der Waals surface area contributed by atoms with E-state index in [0.29, 0.717) is 36.1 Å². The number of nitrogens with one attached hydrogen (secondary N) is 1. The predicted molar refractivity (Wildman–Crippen MR) is 108 cm³/mol. The molecular weight excluding hydrogens is 354 g/mol. The molecule has 0 bridgehead atoms. The molecular formula is C22H23N3O3. The van der Waals surface area contributed by atoms with Crippen molar-refractivity contribution in [2.45, 2.75) is 27.7 Å². The van der Waals surface area contributed by atoms with E-state index in [0.717, 1.165) is 27.9 Å². The predicted octanol–water partition coefficient (Wildman–Crippen LogP) is 3.94. The van der Waals surface area contributed by atoms with Gasteiger partial charge in [0, 0.05) is 16.7 Å². The number of aryl methyl sites for hydroxylation is 3. The number of fused-ring (bicyclic) bond motifs is 1. The maximum atomic E-state index is 13.0. The Hall–Kier alpha value is -3.28. The van der Waals surface area contributed by atoms with E-state index in [9.17, 15) is 4.79 Å². The first-order valence-electron chi connectivity index (χ1n) is 9.27. The number of aromatic nitrogens is 2. The van der Waals surface area contributed by atoms with Gasteiger partial charge >= 0.3 is 0 Å². The Kier molecular flexibility index (Phi) is 4.55. The lowest BCUT2D eigenvalue weighted by molar-refractivity contribution is 0.101. The number of hydrogen-bond donors (Lipinski definition) is 1. The fourth-order valence-corrected chi connectivity index (χ4v) is 3.55. The minimum Gasteiger partial charge on any atom is -0.486 e. The van der Waals surface area contributed by atoms with E-state index in [1.165, 1.54) is 0 Å². The topological polar surface area (TPSA) is 65.4 Å². The van der Waals surface area contributed by atoms with Gasteiger partial charge < -0.3 is 9.47 Å². The molecule has 6 nitrogen and oxygen atoms in total. The van der Waals surface area contributed by atoms with Crippen molar-refractivity contribution in [3.05, 3.63) is 64.5 Å². The molecule has 1 amide bonds. The third-order valence-corrected chi connectivity index (χ3v) is 4.83. The Morgan fingerprint density at radius 3 is 2.50 bits per heavy atom. The zero-order valence-corrected chi connectivity index (χ0v) is 16.5. The maximum Gasteiger partial charge on any atom is 0.270 e. The number of amides is 1. The third-order valence-electron chi connectivity index (χ3n) is 4.83. The summed E-state index contributed by atoms with van der Waals surface area (Å²) in [5.41, 5.74) is 8.39. The number of ether oxygens (including phenoxy) is 2. The average Bonchev–Trinajstić information content (AvgIpc) is 3.02. The van der Waals surface area contributed by atoms with Crippen LogP contribution in [0.15, 0.2) is 36.5 Å². The van der Waals surface area contributed by atoms with E-state index >= 15 is 0 Å². The van der Waals surface area contributed by atoms with Crippen LogP contribution in [0.4, 0.5) is 0 Å². The third kappa shape index (κ3) is 3.22. The molecule has 1 aliphatic rings. The molecule has 1 N–H and O–H groups in total. The molecule has 0 atom stereocenters. The number of hydrogen-bond acceptors (Lipinski definition) is 4. The number of rotatable bonds is 3. The largest absolute Gasteiger partial charge is 0.486 e. The number of imidazole rings is 1. The van der Waals surface area contributed by atoms with Gasteiger partial charge in [-0.1, -0.05) is 17.2 Å². The van der Waals surface area contributed by atoms with Crippen molar-refractivity contribution in [2.75, 3.05) is 18.6 Å². The molecule has 0 aliphatic carbocycles. The Labute approximate surface area is 164 Å². The minimum absolute atomic E-state index is 0.221. The first-order valence-corrected chi connectivity index (χ1v) is 9.27. The summed E-state index contributed by atoms with van der Waals surface area (Å²) in [5, 5.41) is 0. The molecule has 144 valence electrons. The summed E-state index contributed by atoms with van der Waals surface area (Å²) < 4.78 is 13.0. The molecule has 4 rings (SSSR count). The van der Waals surface area contributed by atoms with Crippen LogP contribution in [0.25, 0.3) is 11.4 Å². The van der Waals surface area contributed by atoms with Gasteiger partial charge in [0.05, 0.1) is 11.9 Å². The van der Waals surface area contributed by atoms with Gasteiger partial charge in [0.15, 0.2) is 17.3 Å². The number of carbonyl (C=O) groups excluding carboxylic acids is 1. The number of carbonyl (C=O) groups is 1. The van der Waals surface area contributed by atoms with Crippen molar-refractivity contribution in [3.63, 3.8) is 0 Å².